The molecule has 3 aromatic rings. The summed E-state index contributed by atoms with van der Waals surface area (Å²) < 4.78 is 0. The monoisotopic (exact) mass is 458 g/mol. The molecule has 3 saturated heterocycles. The van der Waals surface area contributed by atoms with Crippen molar-refractivity contribution in [3.63, 3.8) is 0 Å². The van der Waals surface area contributed by atoms with Gasteiger partial charge < -0.3 is 15.5 Å². The summed E-state index contributed by atoms with van der Waals surface area (Å²) in [5.74, 6) is 1.75. The van der Waals surface area contributed by atoms with Crippen molar-refractivity contribution < 1.29 is 4.79 Å². The number of rotatable bonds is 5. The minimum absolute atomic E-state index is 0.102. The zero-order chi connectivity index (χ0) is 23.1. The number of nitrogens with one attached hydrogen (secondary N) is 4. The van der Waals surface area contributed by atoms with Crippen LogP contribution < -0.4 is 21.5 Å². The summed E-state index contributed by atoms with van der Waals surface area (Å²) in [7, 11) is 0. The number of anilines is 2. The maximum atomic E-state index is 13.2. The highest BCUT2D eigenvalue weighted by Crippen LogP contribution is 2.38. The largest absolute Gasteiger partial charge is 0.367 e. The molecular formula is C25H30N8O. The molecule has 9 heteroatoms. The van der Waals surface area contributed by atoms with Gasteiger partial charge in [0, 0.05) is 54.2 Å². The molecule has 9 nitrogen and oxygen atoms in total. The van der Waals surface area contributed by atoms with E-state index in [0.717, 1.165) is 54.6 Å². The van der Waals surface area contributed by atoms with Gasteiger partial charge in [-0.05, 0) is 63.3 Å². The average molecular weight is 459 g/mol. The van der Waals surface area contributed by atoms with Gasteiger partial charge in [0.05, 0.1) is 17.2 Å². The topological polar surface area (TPSA) is 107 Å². The lowest BCUT2D eigenvalue weighted by molar-refractivity contribution is 0.0582. The first-order chi connectivity index (χ1) is 16.6. The molecule has 1 amide bonds. The van der Waals surface area contributed by atoms with Crippen LogP contribution in [0.3, 0.4) is 0 Å². The number of carbonyl (C=O) groups is 1. The normalized spacial score (nSPS) is 28.3. The maximum Gasteiger partial charge on any atom is 0.255 e. The lowest BCUT2D eigenvalue weighted by atomic mass is 9.96. The maximum absolute atomic E-state index is 13.2. The Morgan fingerprint density at radius 1 is 1.06 bits per heavy atom. The number of hydrogen-bond acceptors (Lipinski definition) is 8. The number of piperidine rings is 1. The SMILES string of the molecule is CC1CC(Nc2cc3ncccc3c(NC3C[C@H]4CC[C@@H](C3)N4C(=O)c3cccnc3)n2)NN1. The number of aromatic nitrogens is 3. The van der Waals surface area contributed by atoms with Gasteiger partial charge in [-0.25, -0.2) is 10.4 Å². The summed E-state index contributed by atoms with van der Waals surface area (Å²) in [6.45, 7) is 2.15. The predicted molar refractivity (Wildman–Crippen MR) is 131 cm³/mol. The van der Waals surface area contributed by atoms with E-state index in [9.17, 15) is 4.79 Å². The number of pyridine rings is 3. The van der Waals surface area contributed by atoms with Crippen molar-refractivity contribution in [3.05, 3.63) is 54.5 Å². The second-order valence-electron chi connectivity index (χ2n) is 9.70. The molecular weight excluding hydrogens is 428 g/mol. The molecule has 0 saturated carbocycles. The zero-order valence-corrected chi connectivity index (χ0v) is 19.2. The van der Waals surface area contributed by atoms with Crippen LogP contribution in [0.5, 0.6) is 0 Å². The molecule has 3 aliphatic rings. The third-order valence-electron chi connectivity index (χ3n) is 7.23. The van der Waals surface area contributed by atoms with Crippen molar-refractivity contribution in [2.45, 2.75) is 69.4 Å². The number of carbonyl (C=O) groups excluding carboxylic acids is 1. The molecule has 176 valence electrons. The van der Waals surface area contributed by atoms with Crippen molar-refractivity contribution in [2.75, 3.05) is 10.6 Å². The Labute approximate surface area is 198 Å². The van der Waals surface area contributed by atoms with Crippen molar-refractivity contribution >= 4 is 28.4 Å². The molecule has 3 aliphatic heterocycles. The second-order valence-corrected chi connectivity index (χ2v) is 9.70. The molecule has 3 fully saturated rings. The van der Waals surface area contributed by atoms with Gasteiger partial charge in [-0.3, -0.25) is 20.2 Å². The van der Waals surface area contributed by atoms with Crippen molar-refractivity contribution in [3.8, 4) is 0 Å². The molecule has 3 unspecified atom stereocenters. The summed E-state index contributed by atoms with van der Waals surface area (Å²) in [6.07, 6.45) is 10.2. The van der Waals surface area contributed by atoms with Gasteiger partial charge in [0.2, 0.25) is 0 Å². The van der Waals surface area contributed by atoms with Crippen molar-refractivity contribution in [1.29, 1.82) is 0 Å². The molecule has 6 rings (SSSR count). The fraction of sp³-hybridized carbons (Fsp3) is 0.440. The molecule has 3 aromatic heterocycles. The Bertz CT molecular complexity index is 1170. The van der Waals surface area contributed by atoms with Crippen LogP contribution in [0.4, 0.5) is 11.6 Å². The standard InChI is InChI=1S/C25H30N8O/c1-15-10-23(32-31-15)29-22-13-21-20(5-3-9-27-21)24(30-22)28-17-11-18-6-7-19(12-17)33(18)25(34)16-4-2-8-26-14-16/h2-5,8-9,13-15,17-19,23,31-32H,6-7,10-12H2,1H3,(H2,28,29,30)/t15?,17?,18-,19+,23?. The lowest BCUT2D eigenvalue weighted by Gasteiger charge is -2.39. The van der Waals surface area contributed by atoms with E-state index in [1.54, 1.807) is 12.4 Å². The molecule has 0 radical (unpaired) electrons. The summed E-state index contributed by atoms with van der Waals surface area (Å²) in [6, 6.07) is 10.8. The van der Waals surface area contributed by atoms with Gasteiger partial charge in [0.15, 0.2) is 0 Å². The Kier molecular flexibility index (Phi) is 5.50. The molecule has 0 aliphatic carbocycles. The fourth-order valence-electron chi connectivity index (χ4n) is 5.71. The van der Waals surface area contributed by atoms with Crippen LogP contribution in [0.15, 0.2) is 48.9 Å². The van der Waals surface area contributed by atoms with Crippen molar-refractivity contribution in [1.82, 2.24) is 30.7 Å². The van der Waals surface area contributed by atoms with Gasteiger partial charge >= 0.3 is 0 Å². The smallest absolute Gasteiger partial charge is 0.255 e. The van der Waals surface area contributed by atoms with Gasteiger partial charge in [0.25, 0.3) is 5.91 Å². The van der Waals surface area contributed by atoms with Crippen LogP contribution in [0, 0.1) is 0 Å². The highest BCUT2D eigenvalue weighted by Gasteiger charge is 2.43. The predicted octanol–water partition coefficient (Wildman–Crippen LogP) is 2.90. The molecule has 0 spiro atoms. The third kappa shape index (κ3) is 4.05. The highest BCUT2D eigenvalue weighted by atomic mass is 16.2. The van der Waals surface area contributed by atoms with Crippen LogP contribution >= 0.6 is 0 Å². The number of amides is 1. The van der Waals surface area contributed by atoms with E-state index in [1.807, 2.05) is 30.5 Å². The summed E-state index contributed by atoms with van der Waals surface area (Å²) in [4.78, 5) is 28.9. The van der Waals surface area contributed by atoms with Crippen LogP contribution in [0.25, 0.3) is 10.9 Å². The fourth-order valence-corrected chi connectivity index (χ4v) is 5.71. The second kappa shape index (κ2) is 8.81. The Morgan fingerprint density at radius 3 is 2.62 bits per heavy atom. The van der Waals surface area contributed by atoms with Gasteiger partial charge in [-0.2, -0.15) is 0 Å². The van der Waals surface area contributed by atoms with Crippen LogP contribution in [0.2, 0.25) is 0 Å². The van der Waals surface area contributed by atoms with Gasteiger partial charge in [0.1, 0.15) is 11.6 Å². The Hall–Kier alpha value is -3.30. The lowest BCUT2D eigenvalue weighted by Crippen LogP contribution is -2.49. The molecule has 6 heterocycles. The minimum atomic E-state index is 0.102. The number of fused-ring (bicyclic) bond motifs is 3. The molecule has 34 heavy (non-hydrogen) atoms. The molecule has 0 aromatic carbocycles. The van der Waals surface area contributed by atoms with Crippen LogP contribution in [0.1, 0.15) is 49.4 Å². The number of hydrogen-bond donors (Lipinski definition) is 4. The minimum Gasteiger partial charge on any atom is -0.367 e. The Balaban J connectivity index is 1.21. The average Bonchev–Trinajstić information content (AvgIpc) is 3.38. The highest BCUT2D eigenvalue weighted by molar-refractivity contribution is 5.94. The van der Waals surface area contributed by atoms with Crippen LogP contribution in [-0.2, 0) is 0 Å². The summed E-state index contributed by atoms with van der Waals surface area (Å²) >= 11 is 0. The van der Waals surface area contributed by atoms with E-state index in [4.69, 9.17) is 4.98 Å². The van der Waals surface area contributed by atoms with E-state index in [-0.39, 0.29) is 30.2 Å². The van der Waals surface area contributed by atoms with E-state index in [2.05, 4.69) is 49.3 Å². The van der Waals surface area contributed by atoms with Gasteiger partial charge in [-0.1, -0.05) is 0 Å². The first-order valence-electron chi connectivity index (χ1n) is 12.2. The number of hydrazine groups is 1. The van der Waals surface area contributed by atoms with Crippen LogP contribution in [-0.4, -0.2) is 56.1 Å². The van der Waals surface area contributed by atoms with Gasteiger partial charge in [-0.15, -0.1) is 0 Å². The third-order valence-corrected chi connectivity index (χ3v) is 7.23. The van der Waals surface area contributed by atoms with E-state index in [1.165, 1.54) is 0 Å². The van der Waals surface area contributed by atoms with E-state index >= 15 is 0 Å². The van der Waals surface area contributed by atoms with E-state index < -0.39 is 0 Å². The first-order valence-corrected chi connectivity index (χ1v) is 12.2. The zero-order valence-electron chi connectivity index (χ0n) is 19.2. The molecule has 5 atom stereocenters. The molecule has 2 bridgehead atoms. The first kappa shape index (κ1) is 21.2. The van der Waals surface area contributed by atoms with Crippen molar-refractivity contribution in [2.24, 2.45) is 0 Å². The number of nitrogens with zero attached hydrogens (tertiary/aromatic N) is 4. The summed E-state index contributed by atoms with van der Waals surface area (Å²) in [5, 5.41) is 8.22. The molecule has 4 N–H and O–H groups in total. The summed E-state index contributed by atoms with van der Waals surface area (Å²) in [5.41, 5.74) is 8.09. The Morgan fingerprint density at radius 2 is 1.88 bits per heavy atom. The quantitative estimate of drug-likeness (QED) is 0.462. The van der Waals surface area contributed by atoms with E-state index in [0.29, 0.717) is 11.6 Å².